The van der Waals surface area contributed by atoms with E-state index in [1.54, 1.807) is 25.3 Å². The number of hydrogen-bond acceptors (Lipinski definition) is 5. The van der Waals surface area contributed by atoms with Crippen molar-refractivity contribution in [1.82, 2.24) is 14.5 Å². The first-order chi connectivity index (χ1) is 12.3. The van der Waals surface area contributed by atoms with E-state index < -0.39 is 12.1 Å². The van der Waals surface area contributed by atoms with Crippen LogP contribution in [-0.4, -0.2) is 38.5 Å². The fourth-order valence-corrected chi connectivity index (χ4v) is 3.24. The highest BCUT2D eigenvalue weighted by molar-refractivity contribution is 6.01. The topological polar surface area (TPSA) is 97.2 Å². The van der Waals surface area contributed by atoms with E-state index in [9.17, 15) is 14.7 Å². The zero-order chi connectivity index (χ0) is 19.0. The number of esters is 1. The monoisotopic (exact) mass is 355 g/mol. The molecule has 0 fully saturated rings. The highest BCUT2D eigenvalue weighted by Gasteiger charge is 2.24. The number of aryl methyl sites for hydroxylation is 1. The lowest BCUT2D eigenvalue weighted by molar-refractivity contribution is 0.0599. The first kappa shape index (κ1) is 17.9. The molecule has 3 aromatic rings. The van der Waals surface area contributed by atoms with Crippen LogP contribution in [0.3, 0.4) is 0 Å². The van der Waals surface area contributed by atoms with E-state index in [4.69, 9.17) is 4.74 Å². The minimum atomic E-state index is -0.813. The predicted molar refractivity (Wildman–Crippen MR) is 96.3 cm³/mol. The van der Waals surface area contributed by atoms with E-state index >= 15 is 0 Å². The summed E-state index contributed by atoms with van der Waals surface area (Å²) in [7, 11) is 1.31. The number of aliphatic hydroxyl groups is 1. The molecule has 0 aliphatic heterocycles. The number of aliphatic hydroxyl groups excluding tert-OH is 1. The molecule has 7 heteroatoms. The normalized spacial score (nSPS) is 12.3. The van der Waals surface area contributed by atoms with E-state index in [0.717, 1.165) is 5.52 Å². The molecule has 0 aliphatic rings. The molecule has 7 nitrogen and oxygen atoms in total. The van der Waals surface area contributed by atoms with Crippen molar-refractivity contribution in [1.29, 1.82) is 0 Å². The van der Waals surface area contributed by atoms with Crippen LogP contribution in [0.1, 0.15) is 51.0 Å². The summed E-state index contributed by atoms with van der Waals surface area (Å²) in [6, 6.07) is 7.40. The molecular weight excluding hydrogens is 334 g/mol. The lowest BCUT2D eigenvalue weighted by atomic mass is 10.1. The van der Waals surface area contributed by atoms with E-state index in [0.29, 0.717) is 33.9 Å². The average Bonchev–Trinajstić information content (AvgIpc) is 3.12. The molecule has 0 saturated heterocycles. The molecule has 0 amide bonds. The van der Waals surface area contributed by atoms with Gasteiger partial charge in [-0.2, -0.15) is 0 Å². The van der Waals surface area contributed by atoms with Gasteiger partial charge in [-0.25, -0.2) is 9.78 Å². The standard InChI is InChI=1S/C19H21N3O4/c1-10-16(19(25)26-4)11(2)20-17(10)15(24)9-22-14-8-6-5-7-13(14)21-18(22)12(3)23/h5-8,12,20,23H,9H2,1-4H3. The van der Waals surface area contributed by atoms with Gasteiger partial charge in [0.2, 0.25) is 0 Å². The molecule has 2 aromatic heterocycles. The molecule has 2 heterocycles. The van der Waals surface area contributed by atoms with Gasteiger partial charge >= 0.3 is 5.97 Å². The molecule has 1 atom stereocenters. The van der Waals surface area contributed by atoms with Crippen molar-refractivity contribution >= 4 is 22.8 Å². The number of nitrogens with one attached hydrogen (secondary N) is 1. The highest BCUT2D eigenvalue weighted by atomic mass is 16.5. The number of imidazole rings is 1. The van der Waals surface area contributed by atoms with E-state index in [-0.39, 0.29) is 12.3 Å². The number of hydrogen-bond donors (Lipinski definition) is 2. The van der Waals surface area contributed by atoms with Crippen LogP contribution in [0.5, 0.6) is 0 Å². The number of ketones is 1. The van der Waals surface area contributed by atoms with Crippen LogP contribution in [0.2, 0.25) is 0 Å². The zero-order valence-corrected chi connectivity index (χ0v) is 15.2. The molecule has 0 spiro atoms. The third-order valence-electron chi connectivity index (χ3n) is 4.47. The summed E-state index contributed by atoms with van der Waals surface area (Å²) in [5.41, 5.74) is 3.36. The number of carbonyl (C=O) groups is 2. The first-order valence-electron chi connectivity index (χ1n) is 8.29. The molecule has 3 rings (SSSR count). The quantitative estimate of drug-likeness (QED) is 0.542. The summed E-state index contributed by atoms with van der Waals surface area (Å²) >= 11 is 0. The highest BCUT2D eigenvalue weighted by Crippen LogP contribution is 2.23. The van der Waals surface area contributed by atoms with Gasteiger partial charge in [0.1, 0.15) is 11.9 Å². The Kier molecular flexibility index (Phi) is 4.65. The van der Waals surface area contributed by atoms with Gasteiger partial charge in [-0.3, -0.25) is 4.79 Å². The maximum atomic E-state index is 12.9. The minimum absolute atomic E-state index is 0.00214. The Hall–Kier alpha value is -2.93. The number of Topliss-reactive ketones (excluding diaryl/α,β-unsaturated/α-hetero) is 1. The maximum absolute atomic E-state index is 12.9. The van der Waals surface area contributed by atoms with Crippen molar-refractivity contribution in [2.45, 2.75) is 33.4 Å². The van der Waals surface area contributed by atoms with Crippen LogP contribution < -0.4 is 0 Å². The molecule has 0 radical (unpaired) electrons. The number of H-pyrrole nitrogens is 1. The van der Waals surface area contributed by atoms with Gasteiger partial charge in [0.05, 0.1) is 35.9 Å². The second kappa shape index (κ2) is 6.76. The van der Waals surface area contributed by atoms with E-state index in [1.807, 2.05) is 24.3 Å². The third-order valence-corrected chi connectivity index (χ3v) is 4.47. The summed E-state index contributed by atoms with van der Waals surface area (Å²) in [5, 5.41) is 10.0. The van der Waals surface area contributed by atoms with Gasteiger partial charge < -0.3 is 19.4 Å². The van der Waals surface area contributed by atoms with Crippen molar-refractivity contribution < 1.29 is 19.4 Å². The predicted octanol–water partition coefficient (Wildman–Crippen LogP) is 2.70. The smallest absolute Gasteiger partial charge is 0.339 e. The van der Waals surface area contributed by atoms with Gasteiger partial charge in [-0.15, -0.1) is 0 Å². The summed E-state index contributed by atoms with van der Waals surface area (Å²) in [5.74, 6) is -0.257. The van der Waals surface area contributed by atoms with Gasteiger partial charge in [0.25, 0.3) is 0 Å². The van der Waals surface area contributed by atoms with E-state index in [1.165, 1.54) is 7.11 Å². The van der Waals surface area contributed by atoms with Crippen LogP contribution in [0.25, 0.3) is 11.0 Å². The Bertz CT molecular complexity index is 998. The van der Waals surface area contributed by atoms with Gasteiger partial charge in [0, 0.05) is 5.69 Å². The Morgan fingerprint density at radius 1 is 1.31 bits per heavy atom. The number of nitrogens with zero attached hydrogens (tertiary/aromatic N) is 2. The van der Waals surface area contributed by atoms with Crippen LogP contribution in [0.15, 0.2) is 24.3 Å². The minimum Gasteiger partial charge on any atom is -0.465 e. The lowest BCUT2D eigenvalue weighted by Crippen LogP contribution is -2.16. The SMILES string of the molecule is COC(=O)c1c(C)[nH]c(C(=O)Cn2c(C(C)O)nc3ccccc32)c1C. The summed E-state index contributed by atoms with van der Waals surface area (Å²) in [6.07, 6.45) is -0.813. The van der Waals surface area contributed by atoms with Crippen molar-refractivity contribution in [3.05, 3.63) is 52.6 Å². The Labute approximate surface area is 150 Å². The first-order valence-corrected chi connectivity index (χ1v) is 8.29. The Balaban J connectivity index is 2.03. The lowest BCUT2D eigenvalue weighted by Gasteiger charge is -2.10. The Morgan fingerprint density at radius 3 is 2.65 bits per heavy atom. The van der Waals surface area contributed by atoms with Crippen LogP contribution in [0, 0.1) is 13.8 Å². The zero-order valence-electron chi connectivity index (χ0n) is 15.2. The molecule has 1 aromatic carbocycles. The summed E-state index contributed by atoms with van der Waals surface area (Å²) < 4.78 is 6.49. The van der Waals surface area contributed by atoms with Crippen molar-refractivity contribution in [3.63, 3.8) is 0 Å². The summed E-state index contributed by atoms with van der Waals surface area (Å²) in [4.78, 5) is 32.3. The number of para-hydroxylation sites is 2. The van der Waals surface area contributed by atoms with Crippen molar-refractivity contribution in [2.75, 3.05) is 7.11 Å². The third kappa shape index (κ3) is 2.90. The molecule has 0 saturated carbocycles. The molecule has 0 aliphatic carbocycles. The van der Waals surface area contributed by atoms with Crippen LogP contribution in [0.4, 0.5) is 0 Å². The largest absolute Gasteiger partial charge is 0.465 e. The number of carbonyl (C=O) groups excluding carboxylic acids is 2. The number of methoxy groups -OCH3 is 1. The van der Waals surface area contributed by atoms with Crippen LogP contribution >= 0.6 is 0 Å². The molecule has 0 bridgehead atoms. The van der Waals surface area contributed by atoms with Gasteiger partial charge in [-0.05, 0) is 38.5 Å². The van der Waals surface area contributed by atoms with Crippen molar-refractivity contribution in [2.24, 2.45) is 0 Å². The number of aromatic nitrogens is 3. The van der Waals surface area contributed by atoms with Gasteiger partial charge in [0.15, 0.2) is 5.78 Å². The van der Waals surface area contributed by atoms with Crippen LogP contribution in [-0.2, 0) is 11.3 Å². The number of rotatable bonds is 5. The fraction of sp³-hybridized carbons (Fsp3) is 0.316. The average molecular weight is 355 g/mol. The van der Waals surface area contributed by atoms with E-state index in [2.05, 4.69) is 9.97 Å². The molecular formula is C19H21N3O4. The number of aromatic amines is 1. The van der Waals surface area contributed by atoms with Gasteiger partial charge in [-0.1, -0.05) is 12.1 Å². The fourth-order valence-electron chi connectivity index (χ4n) is 3.24. The molecule has 2 N–H and O–H groups in total. The number of fused-ring (bicyclic) bond motifs is 1. The molecule has 136 valence electrons. The Morgan fingerprint density at radius 2 is 2.00 bits per heavy atom. The second-order valence-corrected chi connectivity index (χ2v) is 6.26. The summed E-state index contributed by atoms with van der Waals surface area (Å²) in [6.45, 7) is 5.05. The second-order valence-electron chi connectivity index (χ2n) is 6.26. The molecule has 26 heavy (non-hydrogen) atoms. The maximum Gasteiger partial charge on any atom is 0.339 e. The number of benzene rings is 1. The number of ether oxygens (including phenoxy) is 1. The van der Waals surface area contributed by atoms with Crippen molar-refractivity contribution in [3.8, 4) is 0 Å². The molecule has 1 unspecified atom stereocenters.